The van der Waals surface area contributed by atoms with Gasteiger partial charge in [0.1, 0.15) is 5.78 Å². The van der Waals surface area contributed by atoms with E-state index >= 15 is 0 Å². The van der Waals surface area contributed by atoms with Crippen molar-refractivity contribution in [3.05, 3.63) is 78.2 Å². The summed E-state index contributed by atoms with van der Waals surface area (Å²) >= 11 is 0. The van der Waals surface area contributed by atoms with Crippen molar-refractivity contribution < 1.29 is 9.59 Å². The Balaban J connectivity index is 2.34. The van der Waals surface area contributed by atoms with Gasteiger partial charge in [-0.2, -0.15) is 0 Å². The number of carbonyl (C=O) groups excluding carboxylic acids is 2. The molecule has 0 aromatic heterocycles. The van der Waals surface area contributed by atoms with Crippen LogP contribution in [0.3, 0.4) is 0 Å². The van der Waals surface area contributed by atoms with E-state index in [1.165, 1.54) is 6.92 Å². The van der Waals surface area contributed by atoms with Crippen molar-refractivity contribution in [2.24, 2.45) is 0 Å². The molecule has 95 valence electrons. The van der Waals surface area contributed by atoms with E-state index < -0.39 is 5.92 Å². The molecule has 0 unspecified atom stereocenters. The summed E-state index contributed by atoms with van der Waals surface area (Å²) in [4.78, 5) is 23.6. The predicted molar refractivity (Wildman–Crippen MR) is 75.1 cm³/mol. The zero-order chi connectivity index (χ0) is 13.8. The molecule has 2 aromatic rings. The first kappa shape index (κ1) is 13.2. The van der Waals surface area contributed by atoms with E-state index in [1.807, 2.05) is 24.3 Å². The fourth-order valence-electron chi connectivity index (χ4n) is 1.89. The molecule has 0 aliphatic heterocycles. The molecule has 0 saturated heterocycles. The molecule has 0 heterocycles. The van der Waals surface area contributed by atoms with Gasteiger partial charge >= 0.3 is 0 Å². The Morgan fingerprint density at radius 2 is 1.58 bits per heavy atom. The highest BCUT2D eigenvalue weighted by atomic mass is 16.1. The molecule has 0 bridgehead atoms. The van der Waals surface area contributed by atoms with Gasteiger partial charge in [-0.25, -0.2) is 0 Å². The van der Waals surface area contributed by atoms with Crippen LogP contribution >= 0.6 is 0 Å². The van der Waals surface area contributed by atoms with Gasteiger partial charge in [0.2, 0.25) is 0 Å². The van der Waals surface area contributed by atoms with Crippen LogP contribution in [-0.4, -0.2) is 11.6 Å². The van der Waals surface area contributed by atoms with E-state index in [1.54, 1.807) is 30.3 Å². The molecule has 0 saturated carbocycles. The summed E-state index contributed by atoms with van der Waals surface area (Å²) in [5.74, 6) is -0.481. The van der Waals surface area contributed by atoms with Crippen LogP contribution in [0.4, 0.5) is 0 Å². The van der Waals surface area contributed by atoms with E-state index in [4.69, 9.17) is 0 Å². The molecule has 1 atom stereocenters. The lowest BCUT2D eigenvalue weighted by Crippen LogP contribution is -2.07. The molecule has 0 fully saturated rings. The highest BCUT2D eigenvalue weighted by Gasteiger charge is 2.14. The zero-order valence-electron chi connectivity index (χ0n) is 10.8. The molecule has 2 nitrogen and oxygen atoms in total. The Morgan fingerprint density at radius 3 is 2.21 bits per heavy atom. The third-order valence-electron chi connectivity index (χ3n) is 3.08. The third kappa shape index (κ3) is 2.97. The lowest BCUT2D eigenvalue weighted by molar-refractivity contribution is -0.117. The maximum atomic E-state index is 12.3. The van der Waals surface area contributed by atoms with Crippen LogP contribution < -0.4 is 0 Å². The molecule has 19 heavy (non-hydrogen) atoms. The molecule has 2 aromatic carbocycles. The van der Waals surface area contributed by atoms with E-state index in [9.17, 15) is 9.59 Å². The van der Waals surface area contributed by atoms with Crippen LogP contribution in [0.2, 0.25) is 0 Å². The first-order valence-corrected chi connectivity index (χ1v) is 6.13. The van der Waals surface area contributed by atoms with Crippen LogP contribution in [0, 0.1) is 6.92 Å². The molecule has 0 spiro atoms. The largest absolute Gasteiger partial charge is 0.299 e. The monoisotopic (exact) mass is 251 g/mol. The molecular formula is C17H15O2. The number of hydrogen-bond acceptors (Lipinski definition) is 2. The second-order valence-electron chi connectivity index (χ2n) is 4.48. The molecular weight excluding hydrogens is 236 g/mol. The first-order chi connectivity index (χ1) is 9.09. The van der Waals surface area contributed by atoms with E-state index in [0.717, 1.165) is 5.56 Å². The fourth-order valence-corrected chi connectivity index (χ4v) is 1.89. The molecule has 0 aliphatic carbocycles. The van der Waals surface area contributed by atoms with Crippen LogP contribution in [0.15, 0.2) is 54.6 Å². The number of carbonyl (C=O) groups is 2. The van der Waals surface area contributed by atoms with Crippen molar-refractivity contribution in [1.82, 2.24) is 0 Å². The van der Waals surface area contributed by atoms with Crippen LogP contribution in [0.5, 0.6) is 0 Å². The summed E-state index contributed by atoms with van der Waals surface area (Å²) in [7, 11) is 0. The average molecular weight is 251 g/mol. The third-order valence-corrected chi connectivity index (χ3v) is 3.08. The lowest BCUT2D eigenvalue weighted by Gasteiger charge is -2.09. The van der Waals surface area contributed by atoms with Gasteiger partial charge in [-0.3, -0.25) is 9.59 Å². The minimum absolute atomic E-state index is 0.00990. The van der Waals surface area contributed by atoms with Crippen LogP contribution in [0.25, 0.3) is 0 Å². The number of rotatable bonds is 4. The van der Waals surface area contributed by atoms with E-state index in [0.29, 0.717) is 11.1 Å². The van der Waals surface area contributed by atoms with Gasteiger partial charge in [0.25, 0.3) is 0 Å². The summed E-state index contributed by atoms with van der Waals surface area (Å²) in [5, 5.41) is 0. The highest BCUT2D eigenvalue weighted by Crippen LogP contribution is 2.19. The quantitative estimate of drug-likeness (QED) is 0.780. The highest BCUT2D eigenvalue weighted by molar-refractivity contribution is 6.09. The maximum absolute atomic E-state index is 12.3. The summed E-state index contributed by atoms with van der Waals surface area (Å²) in [6, 6.07) is 16.2. The Bertz CT molecular complexity index is 600. The van der Waals surface area contributed by atoms with Crippen molar-refractivity contribution in [2.45, 2.75) is 12.8 Å². The van der Waals surface area contributed by atoms with Gasteiger partial charge < -0.3 is 0 Å². The van der Waals surface area contributed by atoms with Crippen LogP contribution in [0.1, 0.15) is 34.3 Å². The number of ketones is 2. The molecule has 0 amide bonds. The first-order valence-electron chi connectivity index (χ1n) is 6.13. The smallest absolute Gasteiger partial charge is 0.193 e. The SMILES string of the molecule is [CH2][C@@H](C(C)=O)c1cccc(C(=O)c2ccccc2)c1. The van der Waals surface area contributed by atoms with E-state index in [2.05, 4.69) is 6.92 Å². The van der Waals surface area contributed by atoms with Gasteiger partial charge in [-0.1, -0.05) is 48.5 Å². The van der Waals surface area contributed by atoms with E-state index in [-0.39, 0.29) is 11.6 Å². The lowest BCUT2D eigenvalue weighted by atomic mass is 9.94. The van der Waals surface area contributed by atoms with Gasteiger partial charge in [0.15, 0.2) is 5.78 Å². The minimum atomic E-state index is -0.427. The van der Waals surface area contributed by atoms with Gasteiger partial charge in [-0.05, 0) is 25.5 Å². The number of benzene rings is 2. The normalized spacial score (nSPS) is 11.9. The van der Waals surface area contributed by atoms with Gasteiger partial charge in [0, 0.05) is 17.0 Å². The summed E-state index contributed by atoms with van der Waals surface area (Å²) in [6.07, 6.45) is 0. The Morgan fingerprint density at radius 1 is 0.947 bits per heavy atom. The zero-order valence-corrected chi connectivity index (χ0v) is 10.8. The molecule has 0 aliphatic rings. The number of hydrogen-bond donors (Lipinski definition) is 0. The maximum Gasteiger partial charge on any atom is 0.193 e. The van der Waals surface area contributed by atoms with Gasteiger partial charge in [0.05, 0.1) is 0 Å². The Kier molecular flexibility index (Phi) is 3.91. The predicted octanol–water partition coefficient (Wildman–Crippen LogP) is 3.42. The Labute approximate surface area is 113 Å². The minimum Gasteiger partial charge on any atom is -0.299 e. The molecule has 2 rings (SSSR count). The summed E-state index contributed by atoms with van der Waals surface area (Å²) < 4.78 is 0. The van der Waals surface area contributed by atoms with Gasteiger partial charge in [-0.15, -0.1) is 0 Å². The second-order valence-corrected chi connectivity index (χ2v) is 4.48. The summed E-state index contributed by atoms with van der Waals surface area (Å²) in [6.45, 7) is 5.32. The average Bonchev–Trinajstić information content (AvgIpc) is 2.46. The number of Topliss-reactive ketones (excluding diaryl/α,β-unsaturated/α-hetero) is 1. The standard InChI is InChI=1S/C17H15O2/c1-12(13(2)18)15-9-6-10-16(11-15)17(19)14-7-4-3-5-8-14/h3-12H,1H2,2H3/t12-/m0/s1. The molecule has 2 heteroatoms. The second kappa shape index (κ2) is 5.61. The molecule has 1 radical (unpaired) electrons. The van der Waals surface area contributed by atoms with Crippen molar-refractivity contribution >= 4 is 11.6 Å². The van der Waals surface area contributed by atoms with Crippen LogP contribution in [-0.2, 0) is 4.79 Å². The fraction of sp³-hybridized carbons (Fsp3) is 0.118. The topological polar surface area (TPSA) is 34.1 Å². The molecule has 0 N–H and O–H groups in total. The Hall–Kier alpha value is -2.22. The van der Waals surface area contributed by atoms with Crippen molar-refractivity contribution in [1.29, 1.82) is 0 Å². The van der Waals surface area contributed by atoms with Crippen molar-refractivity contribution in [2.75, 3.05) is 0 Å². The van der Waals surface area contributed by atoms with Crippen molar-refractivity contribution in [3.63, 3.8) is 0 Å². The van der Waals surface area contributed by atoms with Crippen molar-refractivity contribution in [3.8, 4) is 0 Å². The summed E-state index contributed by atoms with van der Waals surface area (Å²) in [5.41, 5.74) is 2.00.